The van der Waals surface area contributed by atoms with Gasteiger partial charge in [-0.3, -0.25) is 9.59 Å². The summed E-state index contributed by atoms with van der Waals surface area (Å²) < 4.78 is 1.17. The first-order valence-electron chi connectivity index (χ1n) is 6.11. The van der Waals surface area contributed by atoms with Crippen molar-refractivity contribution in [2.45, 2.75) is 25.3 Å². The second-order valence-corrected chi connectivity index (χ2v) is 6.79. The lowest BCUT2D eigenvalue weighted by Crippen LogP contribution is -2.42. The minimum atomic E-state index is -1.21. The largest absolute Gasteiger partial charge is 0.506 e. The summed E-state index contributed by atoms with van der Waals surface area (Å²) in [6, 6.07) is 2.12. The highest BCUT2D eigenvalue weighted by Crippen LogP contribution is 2.27. The smallest absolute Gasteiger partial charge is 0.326 e. The quantitative estimate of drug-likeness (QED) is 0.395. The highest BCUT2D eigenvalue weighted by molar-refractivity contribution is 14.1. The number of carbonyl (C=O) groups is 3. The topological polar surface area (TPSA) is 124 Å². The number of benzene rings is 1. The average Bonchev–Trinajstić information content (AvgIpc) is 2.41. The Bertz CT molecular complexity index is 581. The molecule has 0 aliphatic rings. The van der Waals surface area contributed by atoms with Crippen LogP contribution in [0.25, 0.3) is 0 Å². The molecular formula is C13H13I2NO6. The van der Waals surface area contributed by atoms with Crippen LogP contribution in [0.3, 0.4) is 0 Å². The number of carbonyl (C=O) groups excluding carboxylic acids is 1. The van der Waals surface area contributed by atoms with Gasteiger partial charge in [-0.2, -0.15) is 0 Å². The Morgan fingerprint density at radius 3 is 2.09 bits per heavy atom. The maximum absolute atomic E-state index is 11.6. The van der Waals surface area contributed by atoms with Gasteiger partial charge in [0.2, 0.25) is 5.91 Å². The normalized spacial score (nSPS) is 11.7. The first-order valence-corrected chi connectivity index (χ1v) is 8.27. The molecule has 0 saturated carbocycles. The molecule has 9 heteroatoms. The molecule has 0 heterocycles. The second kappa shape index (κ2) is 8.50. The van der Waals surface area contributed by atoms with Crippen LogP contribution in [0.2, 0.25) is 0 Å². The third kappa shape index (κ3) is 5.94. The third-order valence-corrected chi connectivity index (χ3v) is 4.36. The second-order valence-electron chi connectivity index (χ2n) is 4.46. The minimum absolute atomic E-state index is 0.0421. The molecule has 1 amide bonds. The van der Waals surface area contributed by atoms with Gasteiger partial charge in [-0.25, -0.2) is 4.79 Å². The number of carboxylic acids is 2. The molecule has 1 atom stereocenters. The molecule has 0 saturated heterocycles. The van der Waals surface area contributed by atoms with Gasteiger partial charge in [-0.1, -0.05) is 0 Å². The van der Waals surface area contributed by atoms with Gasteiger partial charge in [0.05, 0.1) is 13.6 Å². The fraction of sp³-hybridized carbons (Fsp3) is 0.308. The molecule has 0 aromatic heterocycles. The first kappa shape index (κ1) is 18.9. The zero-order valence-electron chi connectivity index (χ0n) is 11.2. The molecule has 7 nitrogen and oxygen atoms in total. The Morgan fingerprint density at radius 2 is 1.64 bits per heavy atom. The molecule has 0 unspecified atom stereocenters. The summed E-state index contributed by atoms with van der Waals surface area (Å²) in [5.74, 6) is -2.83. The van der Waals surface area contributed by atoms with Crippen LogP contribution in [-0.4, -0.2) is 39.2 Å². The molecular weight excluding hydrogens is 520 g/mol. The van der Waals surface area contributed by atoms with Crippen molar-refractivity contribution in [2.75, 3.05) is 0 Å². The lowest BCUT2D eigenvalue weighted by atomic mass is 10.1. The van der Waals surface area contributed by atoms with Gasteiger partial charge in [0.1, 0.15) is 11.8 Å². The summed E-state index contributed by atoms with van der Waals surface area (Å²) >= 11 is 3.86. The van der Waals surface area contributed by atoms with Gasteiger partial charge in [0, 0.05) is 12.8 Å². The Balaban J connectivity index is 2.78. The average molecular weight is 533 g/mol. The number of hydrogen-bond donors (Lipinski definition) is 4. The summed E-state index contributed by atoms with van der Waals surface area (Å²) in [5, 5.41) is 29.7. The standard InChI is InChI=1S/C13H13I2NO6/c14-7-3-6(4-8(15)12(7)20)5-9(13(21)22)16-10(17)1-2-11(18)19/h3-4,9,20H,1-2,5H2,(H,16,17)(H,18,19)(H,21,22)/t9-/m1/s1. The fourth-order valence-electron chi connectivity index (χ4n) is 1.66. The van der Waals surface area contributed by atoms with E-state index in [0.29, 0.717) is 12.7 Å². The van der Waals surface area contributed by atoms with Gasteiger partial charge in [-0.05, 0) is 62.9 Å². The van der Waals surface area contributed by atoms with E-state index in [1.165, 1.54) is 0 Å². The van der Waals surface area contributed by atoms with Crippen molar-refractivity contribution in [3.8, 4) is 5.75 Å². The molecule has 0 aliphatic heterocycles. The van der Waals surface area contributed by atoms with Crippen LogP contribution >= 0.6 is 45.2 Å². The van der Waals surface area contributed by atoms with Crippen molar-refractivity contribution in [1.82, 2.24) is 5.32 Å². The van der Waals surface area contributed by atoms with Crippen molar-refractivity contribution in [3.05, 3.63) is 24.8 Å². The summed E-state index contributed by atoms with van der Waals surface area (Å²) in [4.78, 5) is 33.2. The van der Waals surface area contributed by atoms with E-state index in [4.69, 9.17) is 10.2 Å². The Labute approximate surface area is 153 Å². The molecule has 120 valence electrons. The zero-order valence-corrected chi connectivity index (χ0v) is 15.5. The number of carboxylic acid groups (broad SMARTS) is 2. The van der Waals surface area contributed by atoms with E-state index < -0.39 is 23.9 Å². The molecule has 0 aliphatic carbocycles. The van der Waals surface area contributed by atoms with E-state index >= 15 is 0 Å². The van der Waals surface area contributed by atoms with Gasteiger partial charge < -0.3 is 20.6 Å². The van der Waals surface area contributed by atoms with Crippen LogP contribution < -0.4 is 5.32 Å². The van der Waals surface area contributed by atoms with E-state index in [1.807, 2.05) is 45.2 Å². The van der Waals surface area contributed by atoms with Crippen molar-refractivity contribution in [1.29, 1.82) is 0 Å². The number of aromatic hydroxyl groups is 1. The first-order chi connectivity index (χ1) is 10.2. The van der Waals surface area contributed by atoms with E-state index in [1.54, 1.807) is 12.1 Å². The molecule has 0 spiro atoms. The van der Waals surface area contributed by atoms with E-state index in [9.17, 15) is 19.5 Å². The summed E-state index contributed by atoms with van der Waals surface area (Å²) in [7, 11) is 0. The number of halogens is 2. The van der Waals surface area contributed by atoms with Crippen LogP contribution in [-0.2, 0) is 20.8 Å². The number of nitrogens with one attached hydrogen (secondary N) is 1. The van der Waals surface area contributed by atoms with Crippen LogP contribution in [0.15, 0.2) is 12.1 Å². The molecule has 4 N–H and O–H groups in total. The summed E-state index contributed by atoms with van der Waals surface area (Å²) in [6.45, 7) is 0. The highest BCUT2D eigenvalue weighted by atomic mass is 127. The monoisotopic (exact) mass is 533 g/mol. The molecule has 1 aromatic rings. The van der Waals surface area contributed by atoms with Gasteiger partial charge in [0.15, 0.2) is 0 Å². The van der Waals surface area contributed by atoms with Crippen LogP contribution in [0, 0.1) is 7.14 Å². The van der Waals surface area contributed by atoms with E-state index in [-0.39, 0.29) is 25.0 Å². The minimum Gasteiger partial charge on any atom is -0.506 e. The van der Waals surface area contributed by atoms with Gasteiger partial charge in [0.25, 0.3) is 0 Å². The van der Waals surface area contributed by atoms with Crippen LogP contribution in [0.5, 0.6) is 5.75 Å². The van der Waals surface area contributed by atoms with E-state index in [0.717, 1.165) is 0 Å². The Kier molecular flexibility index (Phi) is 7.32. The van der Waals surface area contributed by atoms with E-state index in [2.05, 4.69) is 5.32 Å². The third-order valence-electron chi connectivity index (χ3n) is 2.72. The molecule has 0 bridgehead atoms. The van der Waals surface area contributed by atoms with Gasteiger partial charge in [-0.15, -0.1) is 0 Å². The number of rotatable bonds is 7. The number of amides is 1. The van der Waals surface area contributed by atoms with Crippen molar-refractivity contribution < 1.29 is 29.7 Å². The highest BCUT2D eigenvalue weighted by Gasteiger charge is 2.21. The maximum atomic E-state index is 11.6. The van der Waals surface area contributed by atoms with Crippen molar-refractivity contribution in [3.63, 3.8) is 0 Å². The molecule has 22 heavy (non-hydrogen) atoms. The molecule has 0 fully saturated rings. The fourth-order valence-corrected chi connectivity index (χ4v) is 3.56. The Hall–Kier alpha value is -1.11. The van der Waals surface area contributed by atoms with Crippen molar-refractivity contribution >= 4 is 63.0 Å². The molecule has 1 aromatic carbocycles. The summed E-state index contributed by atoms with van der Waals surface area (Å²) in [6.07, 6.45) is -0.586. The van der Waals surface area contributed by atoms with Crippen molar-refractivity contribution in [2.24, 2.45) is 0 Å². The number of phenolic OH excluding ortho intramolecular Hbond substituents is 1. The van der Waals surface area contributed by atoms with Gasteiger partial charge >= 0.3 is 11.9 Å². The van der Waals surface area contributed by atoms with Crippen LogP contribution in [0.1, 0.15) is 18.4 Å². The SMILES string of the molecule is O=C(O)CCC(=O)N[C@H](Cc1cc(I)c(O)c(I)c1)C(=O)O. The lowest BCUT2D eigenvalue weighted by Gasteiger charge is -2.15. The number of aliphatic carboxylic acids is 2. The van der Waals surface area contributed by atoms with Crippen LogP contribution in [0.4, 0.5) is 0 Å². The molecule has 1 rings (SSSR count). The Morgan fingerprint density at radius 1 is 1.09 bits per heavy atom. The predicted molar refractivity (Wildman–Crippen MR) is 93.7 cm³/mol. The predicted octanol–water partition coefficient (Wildman–Crippen LogP) is 1.58. The lowest BCUT2D eigenvalue weighted by molar-refractivity contribution is -0.142. The number of phenols is 1. The molecule has 0 radical (unpaired) electrons. The zero-order chi connectivity index (χ0) is 16.9. The number of hydrogen-bond acceptors (Lipinski definition) is 4. The summed E-state index contributed by atoms with van der Waals surface area (Å²) in [5.41, 5.74) is 0.650. The maximum Gasteiger partial charge on any atom is 0.326 e.